The van der Waals surface area contributed by atoms with Gasteiger partial charge >= 0.3 is 8.25 Å². The first kappa shape index (κ1) is 39.7. The minimum atomic E-state index is -2.81. The van der Waals surface area contributed by atoms with Crippen molar-refractivity contribution in [1.29, 1.82) is 0 Å². The Kier molecular flexibility index (Phi) is 24.6. The van der Waals surface area contributed by atoms with Crippen LogP contribution >= 0.6 is 8.25 Å². The normalized spacial score (nSPS) is 23.3. The standard InChI is InChI=1S/C30H59O11P/c1-6-11-16-34-21-24-27(31)29(38-20-15-10-5)30(41-24)39-22-25(35-17-12-7-2)28(37-19-14-9-4)26(23-40-42(32)33)36-18-13-8-3/h24-31H,6-23H2,1-5H3/p+1/t24-,25?,26?,27?,28?,29+,30-/m1/s1. The van der Waals surface area contributed by atoms with Gasteiger partial charge in [-0.3, -0.25) is 0 Å². The predicted molar refractivity (Wildman–Crippen MR) is 161 cm³/mol. The minimum Gasteiger partial charge on any atom is -0.387 e. The molecule has 1 fully saturated rings. The van der Waals surface area contributed by atoms with Crippen LogP contribution in [0.3, 0.4) is 0 Å². The van der Waals surface area contributed by atoms with Crippen LogP contribution in [0.5, 0.6) is 0 Å². The number of unbranched alkanes of at least 4 members (excludes halogenated alkanes) is 5. The van der Waals surface area contributed by atoms with Gasteiger partial charge in [0.05, 0.1) is 13.2 Å². The van der Waals surface area contributed by atoms with Crippen LogP contribution in [0.15, 0.2) is 0 Å². The molecule has 0 aliphatic carbocycles. The van der Waals surface area contributed by atoms with E-state index in [9.17, 15) is 14.6 Å². The highest BCUT2D eigenvalue weighted by molar-refractivity contribution is 7.32. The Morgan fingerprint density at radius 2 is 1.24 bits per heavy atom. The first-order chi connectivity index (χ1) is 20.4. The van der Waals surface area contributed by atoms with Crippen molar-refractivity contribution < 1.29 is 52.2 Å². The van der Waals surface area contributed by atoms with Crippen molar-refractivity contribution in [2.75, 3.05) is 52.9 Å². The molecule has 0 aromatic rings. The zero-order chi connectivity index (χ0) is 31.0. The highest BCUT2D eigenvalue weighted by Gasteiger charge is 2.46. The van der Waals surface area contributed by atoms with E-state index in [1.807, 2.05) is 0 Å². The van der Waals surface area contributed by atoms with Gasteiger partial charge in [-0.2, -0.15) is 0 Å². The molecule has 0 aromatic carbocycles. The lowest BCUT2D eigenvalue weighted by Gasteiger charge is -2.33. The Labute approximate surface area is 255 Å². The molecule has 12 heteroatoms. The fourth-order valence-electron chi connectivity index (χ4n) is 4.34. The van der Waals surface area contributed by atoms with Crippen LogP contribution in [-0.2, 0) is 42.2 Å². The summed E-state index contributed by atoms with van der Waals surface area (Å²) in [6.45, 7) is 13.1. The third-order valence-electron chi connectivity index (χ3n) is 7.00. The average molecular weight is 628 g/mol. The molecule has 1 aliphatic heterocycles. The molecule has 0 bridgehead atoms. The van der Waals surface area contributed by atoms with E-state index in [-0.39, 0.29) is 19.8 Å². The van der Waals surface area contributed by atoms with E-state index < -0.39 is 51.2 Å². The van der Waals surface area contributed by atoms with Crippen molar-refractivity contribution in [2.45, 2.75) is 142 Å². The Bertz CT molecular complexity index is 644. The molecule has 0 spiro atoms. The second-order valence-electron chi connectivity index (χ2n) is 10.7. The molecule has 11 nitrogen and oxygen atoms in total. The number of aliphatic hydroxyl groups excluding tert-OH is 1. The van der Waals surface area contributed by atoms with Gasteiger partial charge in [0.25, 0.3) is 0 Å². The third-order valence-corrected chi connectivity index (χ3v) is 7.37. The van der Waals surface area contributed by atoms with E-state index in [0.717, 1.165) is 64.2 Å². The molecule has 0 radical (unpaired) electrons. The highest BCUT2D eigenvalue weighted by Crippen LogP contribution is 2.27. The third kappa shape index (κ3) is 16.7. The zero-order valence-corrected chi connectivity index (χ0v) is 27.7. The summed E-state index contributed by atoms with van der Waals surface area (Å²) >= 11 is 0. The molecule has 1 saturated heterocycles. The Balaban J connectivity index is 3.12. The number of rotatable bonds is 29. The molecular weight excluding hydrogens is 567 g/mol. The van der Waals surface area contributed by atoms with Gasteiger partial charge in [0.15, 0.2) is 6.29 Å². The van der Waals surface area contributed by atoms with Crippen LogP contribution in [0, 0.1) is 0 Å². The Hall–Kier alpha value is -0.300. The summed E-state index contributed by atoms with van der Waals surface area (Å²) in [7, 11) is -2.81. The van der Waals surface area contributed by atoms with Gasteiger partial charge in [-0.05, 0) is 32.1 Å². The van der Waals surface area contributed by atoms with Gasteiger partial charge in [-0.1, -0.05) is 66.7 Å². The Morgan fingerprint density at radius 3 is 1.81 bits per heavy atom. The maximum Gasteiger partial charge on any atom is 0.694 e. The highest BCUT2D eigenvalue weighted by atomic mass is 31.1. The van der Waals surface area contributed by atoms with Crippen LogP contribution in [0.25, 0.3) is 0 Å². The van der Waals surface area contributed by atoms with E-state index >= 15 is 0 Å². The van der Waals surface area contributed by atoms with Crippen molar-refractivity contribution in [2.24, 2.45) is 0 Å². The van der Waals surface area contributed by atoms with Crippen molar-refractivity contribution in [1.82, 2.24) is 0 Å². The maximum atomic E-state index is 11.4. The minimum absolute atomic E-state index is 0.0772. The van der Waals surface area contributed by atoms with Gasteiger partial charge in [0.2, 0.25) is 0 Å². The summed E-state index contributed by atoms with van der Waals surface area (Å²) in [6, 6.07) is 0. The lowest BCUT2D eigenvalue weighted by Crippen LogP contribution is -2.48. The molecule has 0 aromatic heterocycles. The summed E-state index contributed by atoms with van der Waals surface area (Å²) in [5, 5.41) is 11.0. The van der Waals surface area contributed by atoms with Crippen molar-refractivity contribution >= 4 is 8.25 Å². The summed E-state index contributed by atoms with van der Waals surface area (Å²) in [6.07, 6.45) is 4.27. The van der Waals surface area contributed by atoms with Gasteiger partial charge in [0.1, 0.15) is 43.2 Å². The molecule has 1 aliphatic rings. The van der Waals surface area contributed by atoms with Crippen LogP contribution in [-0.4, -0.2) is 106 Å². The molecule has 1 heterocycles. The largest absolute Gasteiger partial charge is 0.694 e. The van der Waals surface area contributed by atoms with E-state index in [0.29, 0.717) is 33.0 Å². The van der Waals surface area contributed by atoms with E-state index in [2.05, 4.69) is 34.6 Å². The average Bonchev–Trinajstić information content (AvgIpc) is 3.27. The molecule has 0 saturated carbocycles. The number of hydrogen-bond donors (Lipinski definition) is 2. The topological polar surface area (TPSA) is 131 Å². The van der Waals surface area contributed by atoms with Crippen LogP contribution in [0.4, 0.5) is 0 Å². The smallest absolute Gasteiger partial charge is 0.387 e. The van der Waals surface area contributed by atoms with Gasteiger partial charge < -0.3 is 38.3 Å². The first-order valence-electron chi connectivity index (χ1n) is 16.2. The quantitative estimate of drug-likeness (QED) is 0.0826. The molecule has 1 rings (SSSR count). The molecule has 8 atom stereocenters. The molecule has 42 heavy (non-hydrogen) atoms. The second-order valence-corrected chi connectivity index (χ2v) is 11.5. The van der Waals surface area contributed by atoms with Gasteiger partial charge in [0, 0.05) is 37.6 Å². The van der Waals surface area contributed by atoms with Crippen LogP contribution < -0.4 is 0 Å². The molecule has 250 valence electrons. The lowest BCUT2D eigenvalue weighted by atomic mass is 10.1. The van der Waals surface area contributed by atoms with E-state index in [1.165, 1.54) is 0 Å². The molecular formula is C30H60O11P+. The molecule has 2 N–H and O–H groups in total. The maximum absolute atomic E-state index is 11.4. The molecule has 0 amide bonds. The van der Waals surface area contributed by atoms with Crippen LogP contribution in [0.2, 0.25) is 0 Å². The summed E-state index contributed by atoms with van der Waals surface area (Å²) < 4.78 is 59.5. The number of ether oxygens (including phenoxy) is 7. The van der Waals surface area contributed by atoms with Crippen molar-refractivity contribution in [3.63, 3.8) is 0 Å². The van der Waals surface area contributed by atoms with E-state index in [4.69, 9.17) is 37.7 Å². The fraction of sp³-hybridized carbons (Fsp3) is 1.00. The fourth-order valence-corrected chi connectivity index (χ4v) is 4.61. The predicted octanol–water partition coefficient (Wildman–Crippen LogP) is 5.31. The Morgan fingerprint density at radius 1 is 0.714 bits per heavy atom. The first-order valence-corrected chi connectivity index (χ1v) is 17.3. The van der Waals surface area contributed by atoms with Crippen molar-refractivity contribution in [3.05, 3.63) is 0 Å². The number of hydrogen-bond acceptors (Lipinski definition) is 10. The monoisotopic (exact) mass is 627 g/mol. The van der Waals surface area contributed by atoms with Crippen molar-refractivity contribution in [3.8, 4) is 0 Å². The van der Waals surface area contributed by atoms with Gasteiger partial charge in [-0.25, -0.2) is 0 Å². The van der Waals surface area contributed by atoms with Gasteiger partial charge in [-0.15, -0.1) is 9.42 Å². The summed E-state index contributed by atoms with van der Waals surface area (Å²) in [5.74, 6) is 0. The second kappa shape index (κ2) is 26.0. The zero-order valence-electron chi connectivity index (χ0n) is 26.8. The van der Waals surface area contributed by atoms with E-state index in [1.54, 1.807) is 0 Å². The number of aliphatic hydroxyl groups is 1. The molecule has 5 unspecified atom stereocenters. The summed E-state index contributed by atoms with van der Waals surface area (Å²) in [4.78, 5) is 9.36. The summed E-state index contributed by atoms with van der Waals surface area (Å²) in [5.41, 5.74) is 0. The van der Waals surface area contributed by atoms with Crippen LogP contribution in [0.1, 0.15) is 98.8 Å². The lowest BCUT2D eigenvalue weighted by molar-refractivity contribution is -0.217. The SMILES string of the molecule is CCCCOC[C@H]1O[C@@H](OCC(OCCCC)C(OCCCC)C(CO[P+](=O)O)OCCCC)[C@@H](OCCCC)C1O.